The molecule has 0 saturated carbocycles. The van der Waals surface area contributed by atoms with Crippen LogP contribution in [-0.2, 0) is 0 Å². The molecule has 0 bridgehead atoms. The first-order valence-corrected chi connectivity index (χ1v) is 4.83. The van der Waals surface area contributed by atoms with Crippen molar-refractivity contribution in [2.24, 2.45) is 11.8 Å². The third-order valence-corrected chi connectivity index (χ3v) is 3.20. The third kappa shape index (κ3) is 1.29. The van der Waals surface area contributed by atoms with E-state index < -0.39 is 0 Å². The van der Waals surface area contributed by atoms with Crippen LogP contribution in [0.5, 0.6) is 0 Å². The first kappa shape index (κ1) is 8.27. The van der Waals surface area contributed by atoms with Crippen LogP contribution in [0.2, 0.25) is 0 Å². The Bertz CT molecular complexity index is 186. The van der Waals surface area contributed by atoms with Crippen LogP contribution in [0.15, 0.2) is 12.2 Å². The van der Waals surface area contributed by atoms with Gasteiger partial charge in [-0.2, -0.15) is 0 Å². The summed E-state index contributed by atoms with van der Waals surface area (Å²) >= 11 is 0. The molecule has 2 heteroatoms. The summed E-state index contributed by atoms with van der Waals surface area (Å²) < 4.78 is 0. The molecule has 1 fully saturated rings. The van der Waals surface area contributed by atoms with E-state index in [0.717, 1.165) is 11.8 Å². The van der Waals surface area contributed by atoms with Crippen LogP contribution >= 0.6 is 0 Å². The van der Waals surface area contributed by atoms with Gasteiger partial charge in [0, 0.05) is 12.6 Å². The Kier molecular flexibility index (Phi) is 2.20. The second kappa shape index (κ2) is 3.19. The normalized spacial score (nSPS) is 40.4. The standard InChI is InChI=1S/C10H18N2/c1-12(2)10-5-3-4-8-6-11-7-9(8)10/h3,5,8-11H,4,6-7H2,1-2H3. The number of rotatable bonds is 1. The topological polar surface area (TPSA) is 15.3 Å². The Morgan fingerprint density at radius 1 is 1.33 bits per heavy atom. The summed E-state index contributed by atoms with van der Waals surface area (Å²) in [6.45, 7) is 2.43. The lowest BCUT2D eigenvalue weighted by atomic mass is 9.82. The molecule has 2 nitrogen and oxygen atoms in total. The second-order valence-electron chi connectivity index (χ2n) is 4.20. The SMILES string of the molecule is CN(C)C1C=CCC2CNCC21. The van der Waals surface area contributed by atoms with Gasteiger partial charge in [-0.05, 0) is 38.9 Å². The smallest absolute Gasteiger partial charge is 0.0315 e. The first-order valence-electron chi connectivity index (χ1n) is 4.83. The second-order valence-corrected chi connectivity index (χ2v) is 4.20. The van der Waals surface area contributed by atoms with Crippen molar-refractivity contribution in [3.8, 4) is 0 Å². The molecule has 0 aromatic heterocycles. The van der Waals surface area contributed by atoms with Crippen molar-refractivity contribution in [1.82, 2.24) is 10.2 Å². The molecule has 2 rings (SSSR count). The molecule has 0 aromatic carbocycles. The Balaban J connectivity index is 2.12. The molecule has 12 heavy (non-hydrogen) atoms. The van der Waals surface area contributed by atoms with Gasteiger partial charge in [-0.15, -0.1) is 0 Å². The summed E-state index contributed by atoms with van der Waals surface area (Å²) in [4.78, 5) is 2.33. The van der Waals surface area contributed by atoms with E-state index in [1.807, 2.05) is 0 Å². The van der Waals surface area contributed by atoms with E-state index in [-0.39, 0.29) is 0 Å². The minimum atomic E-state index is 0.666. The van der Waals surface area contributed by atoms with Gasteiger partial charge in [-0.25, -0.2) is 0 Å². The number of allylic oxidation sites excluding steroid dienone is 1. The number of likely N-dealkylation sites (N-methyl/N-ethyl adjacent to an activating group) is 1. The first-order chi connectivity index (χ1) is 5.79. The van der Waals surface area contributed by atoms with Crippen LogP contribution in [-0.4, -0.2) is 38.1 Å². The molecular formula is C10H18N2. The van der Waals surface area contributed by atoms with E-state index in [1.54, 1.807) is 0 Å². The molecule has 0 amide bonds. The van der Waals surface area contributed by atoms with Gasteiger partial charge in [0.05, 0.1) is 0 Å². The molecule has 3 atom stereocenters. The largest absolute Gasteiger partial charge is 0.316 e. The molecule has 2 aliphatic rings. The number of hydrogen-bond donors (Lipinski definition) is 1. The maximum Gasteiger partial charge on any atom is 0.0315 e. The van der Waals surface area contributed by atoms with Crippen LogP contribution in [0.1, 0.15) is 6.42 Å². The molecule has 0 spiro atoms. The van der Waals surface area contributed by atoms with Gasteiger partial charge in [0.25, 0.3) is 0 Å². The van der Waals surface area contributed by atoms with Gasteiger partial charge in [0.1, 0.15) is 0 Å². The maximum atomic E-state index is 3.48. The zero-order valence-corrected chi connectivity index (χ0v) is 7.96. The lowest BCUT2D eigenvalue weighted by Crippen LogP contribution is -2.39. The van der Waals surface area contributed by atoms with Gasteiger partial charge in [0.2, 0.25) is 0 Å². The highest BCUT2D eigenvalue weighted by molar-refractivity contribution is 5.07. The third-order valence-electron chi connectivity index (χ3n) is 3.20. The number of fused-ring (bicyclic) bond motifs is 1. The van der Waals surface area contributed by atoms with Crippen molar-refractivity contribution in [2.75, 3.05) is 27.2 Å². The zero-order chi connectivity index (χ0) is 8.55. The Morgan fingerprint density at radius 2 is 2.17 bits per heavy atom. The van der Waals surface area contributed by atoms with Gasteiger partial charge in [-0.1, -0.05) is 12.2 Å². The highest BCUT2D eigenvalue weighted by atomic mass is 15.1. The molecule has 1 N–H and O–H groups in total. The number of hydrogen-bond acceptors (Lipinski definition) is 2. The molecule has 1 aliphatic heterocycles. The van der Waals surface area contributed by atoms with Crippen molar-refractivity contribution in [3.63, 3.8) is 0 Å². The van der Waals surface area contributed by atoms with Crippen LogP contribution < -0.4 is 5.32 Å². The summed E-state index contributed by atoms with van der Waals surface area (Å²) in [5.41, 5.74) is 0. The molecule has 0 aromatic rings. The Hall–Kier alpha value is -0.340. The maximum absolute atomic E-state index is 3.48. The van der Waals surface area contributed by atoms with Crippen LogP contribution in [0.3, 0.4) is 0 Å². The lowest BCUT2D eigenvalue weighted by Gasteiger charge is -2.33. The number of nitrogens with zero attached hydrogens (tertiary/aromatic N) is 1. The van der Waals surface area contributed by atoms with E-state index in [0.29, 0.717) is 6.04 Å². The lowest BCUT2D eigenvalue weighted by molar-refractivity contribution is 0.217. The average molecular weight is 166 g/mol. The Morgan fingerprint density at radius 3 is 2.92 bits per heavy atom. The van der Waals surface area contributed by atoms with Crippen molar-refractivity contribution in [2.45, 2.75) is 12.5 Å². The van der Waals surface area contributed by atoms with Gasteiger partial charge >= 0.3 is 0 Å². The summed E-state index contributed by atoms with van der Waals surface area (Å²) in [6.07, 6.45) is 6.00. The fourth-order valence-electron chi connectivity index (χ4n) is 2.50. The van der Waals surface area contributed by atoms with Crippen molar-refractivity contribution in [1.29, 1.82) is 0 Å². The molecule has 68 valence electrons. The quantitative estimate of drug-likeness (QED) is 0.577. The van der Waals surface area contributed by atoms with Crippen LogP contribution in [0, 0.1) is 11.8 Å². The zero-order valence-electron chi connectivity index (χ0n) is 7.96. The summed E-state index contributed by atoms with van der Waals surface area (Å²) in [7, 11) is 4.35. The average Bonchev–Trinajstić information content (AvgIpc) is 2.49. The van der Waals surface area contributed by atoms with Crippen molar-refractivity contribution < 1.29 is 0 Å². The summed E-state index contributed by atoms with van der Waals surface area (Å²) in [5.74, 6) is 1.74. The fourth-order valence-corrected chi connectivity index (χ4v) is 2.50. The highest BCUT2D eigenvalue weighted by Gasteiger charge is 2.34. The molecule has 1 aliphatic carbocycles. The van der Waals surface area contributed by atoms with E-state index in [2.05, 4.69) is 36.5 Å². The Labute approximate surface area is 74.6 Å². The van der Waals surface area contributed by atoms with E-state index in [1.165, 1.54) is 19.5 Å². The van der Waals surface area contributed by atoms with E-state index in [4.69, 9.17) is 0 Å². The predicted octanol–water partition coefficient (Wildman–Crippen LogP) is 0.712. The molecule has 3 unspecified atom stereocenters. The number of nitrogens with one attached hydrogen (secondary N) is 1. The summed E-state index contributed by atoms with van der Waals surface area (Å²) in [5, 5.41) is 3.48. The van der Waals surface area contributed by atoms with Crippen LogP contribution in [0.4, 0.5) is 0 Å². The molecular weight excluding hydrogens is 148 g/mol. The van der Waals surface area contributed by atoms with E-state index >= 15 is 0 Å². The highest BCUT2D eigenvalue weighted by Crippen LogP contribution is 2.30. The molecule has 0 radical (unpaired) electrons. The molecule has 1 heterocycles. The van der Waals surface area contributed by atoms with Crippen LogP contribution in [0.25, 0.3) is 0 Å². The van der Waals surface area contributed by atoms with E-state index in [9.17, 15) is 0 Å². The van der Waals surface area contributed by atoms with Gasteiger partial charge < -0.3 is 10.2 Å². The monoisotopic (exact) mass is 166 g/mol. The minimum absolute atomic E-state index is 0.666. The predicted molar refractivity (Wildman–Crippen MR) is 51.1 cm³/mol. The van der Waals surface area contributed by atoms with Gasteiger partial charge in [-0.3, -0.25) is 0 Å². The van der Waals surface area contributed by atoms with Crippen molar-refractivity contribution in [3.05, 3.63) is 12.2 Å². The molecule has 1 saturated heterocycles. The summed E-state index contributed by atoms with van der Waals surface area (Å²) in [6, 6.07) is 0.666. The fraction of sp³-hybridized carbons (Fsp3) is 0.800. The minimum Gasteiger partial charge on any atom is -0.316 e. The van der Waals surface area contributed by atoms with Gasteiger partial charge in [0.15, 0.2) is 0 Å². The van der Waals surface area contributed by atoms with Crippen molar-refractivity contribution >= 4 is 0 Å².